The summed E-state index contributed by atoms with van der Waals surface area (Å²) in [7, 11) is 0. The van der Waals surface area contributed by atoms with Crippen LogP contribution in [0.25, 0.3) is 11.1 Å². The van der Waals surface area contributed by atoms with Crippen LogP contribution in [0.15, 0.2) is 22.7 Å². The molecule has 1 unspecified atom stereocenters. The Labute approximate surface area is 172 Å². The van der Waals surface area contributed by atoms with Gasteiger partial charge in [-0.3, -0.25) is 9.69 Å². The van der Waals surface area contributed by atoms with Crippen LogP contribution in [0.4, 0.5) is 0 Å². The molecule has 2 aromatic rings. The fourth-order valence-corrected chi connectivity index (χ4v) is 6.18. The molecule has 3 aliphatic rings. The maximum absolute atomic E-state index is 13.8. The second-order valence-corrected chi connectivity index (χ2v) is 9.01. The SMILES string of the molecule is Cc1noc(C)c1-c1ccc2c(c1)C(C1CCCCC1)(N1CCNCC1)C(=O)C2. The highest BCUT2D eigenvalue weighted by Crippen LogP contribution is 2.50. The van der Waals surface area contributed by atoms with Gasteiger partial charge in [-0.15, -0.1) is 0 Å². The maximum Gasteiger partial charge on any atom is 0.162 e. The number of carbonyl (C=O) groups excluding carboxylic acids is 1. The predicted octanol–water partition coefficient (Wildman–Crippen LogP) is 3.76. The Morgan fingerprint density at radius 3 is 2.59 bits per heavy atom. The molecular weight excluding hydrogens is 362 g/mol. The minimum atomic E-state index is -0.452. The molecule has 29 heavy (non-hydrogen) atoms. The number of Topliss-reactive ketones (excluding diaryl/α,β-unsaturated/α-hetero) is 1. The molecule has 1 atom stereocenters. The molecule has 2 fully saturated rings. The Morgan fingerprint density at radius 1 is 1.14 bits per heavy atom. The third-order valence-corrected chi connectivity index (χ3v) is 7.43. The number of nitrogens with one attached hydrogen (secondary N) is 1. The van der Waals surface area contributed by atoms with E-state index in [0.29, 0.717) is 18.1 Å². The molecule has 2 aliphatic carbocycles. The van der Waals surface area contributed by atoms with Crippen molar-refractivity contribution in [1.82, 2.24) is 15.4 Å². The number of fused-ring (bicyclic) bond motifs is 1. The van der Waals surface area contributed by atoms with Crippen molar-refractivity contribution < 1.29 is 9.32 Å². The Morgan fingerprint density at radius 2 is 1.90 bits per heavy atom. The number of hydrogen-bond acceptors (Lipinski definition) is 5. The lowest BCUT2D eigenvalue weighted by Crippen LogP contribution is -2.60. The number of rotatable bonds is 3. The largest absolute Gasteiger partial charge is 0.361 e. The summed E-state index contributed by atoms with van der Waals surface area (Å²) >= 11 is 0. The van der Waals surface area contributed by atoms with Crippen molar-refractivity contribution in [2.24, 2.45) is 5.92 Å². The van der Waals surface area contributed by atoms with Crippen molar-refractivity contribution in [2.75, 3.05) is 26.2 Å². The lowest BCUT2D eigenvalue weighted by Gasteiger charge is -2.49. The van der Waals surface area contributed by atoms with Crippen molar-refractivity contribution in [3.8, 4) is 11.1 Å². The molecule has 1 N–H and O–H groups in total. The summed E-state index contributed by atoms with van der Waals surface area (Å²) in [6.45, 7) is 7.77. The van der Waals surface area contributed by atoms with Gasteiger partial charge in [0.15, 0.2) is 5.78 Å². The molecule has 2 heterocycles. The van der Waals surface area contributed by atoms with Gasteiger partial charge in [0, 0.05) is 38.2 Å². The fourth-order valence-electron chi connectivity index (χ4n) is 6.18. The van der Waals surface area contributed by atoms with E-state index in [1.807, 2.05) is 13.8 Å². The smallest absolute Gasteiger partial charge is 0.162 e. The number of nitrogens with zero attached hydrogens (tertiary/aromatic N) is 2. The lowest BCUT2D eigenvalue weighted by molar-refractivity contribution is -0.136. The minimum Gasteiger partial charge on any atom is -0.361 e. The lowest BCUT2D eigenvalue weighted by atomic mass is 9.69. The van der Waals surface area contributed by atoms with Gasteiger partial charge < -0.3 is 9.84 Å². The summed E-state index contributed by atoms with van der Waals surface area (Å²) < 4.78 is 5.44. The van der Waals surface area contributed by atoms with Gasteiger partial charge >= 0.3 is 0 Å². The molecule has 1 aromatic carbocycles. The van der Waals surface area contributed by atoms with Gasteiger partial charge in [0.05, 0.1) is 5.69 Å². The molecule has 1 aliphatic heterocycles. The van der Waals surface area contributed by atoms with E-state index >= 15 is 0 Å². The van der Waals surface area contributed by atoms with Crippen molar-refractivity contribution in [3.63, 3.8) is 0 Å². The predicted molar refractivity (Wildman–Crippen MR) is 113 cm³/mol. The third kappa shape index (κ3) is 2.89. The van der Waals surface area contributed by atoms with E-state index in [9.17, 15) is 4.79 Å². The highest BCUT2D eigenvalue weighted by atomic mass is 16.5. The van der Waals surface area contributed by atoms with Crippen molar-refractivity contribution in [2.45, 2.75) is 57.9 Å². The van der Waals surface area contributed by atoms with Gasteiger partial charge in [-0.05, 0) is 55.4 Å². The summed E-state index contributed by atoms with van der Waals surface area (Å²) in [4.78, 5) is 16.3. The molecule has 0 radical (unpaired) electrons. The first kappa shape index (κ1) is 19.0. The normalized spacial score (nSPS) is 26.1. The summed E-state index contributed by atoms with van der Waals surface area (Å²) in [6.07, 6.45) is 6.66. The fraction of sp³-hybridized carbons (Fsp3) is 0.583. The first-order valence-corrected chi connectivity index (χ1v) is 11.2. The van der Waals surface area contributed by atoms with E-state index < -0.39 is 5.54 Å². The molecule has 154 valence electrons. The van der Waals surface area contributed by atoms with Crippen LogP contribution in [0.2, 0.25) is 0 Å². The van der Waals surface area contributed by atoms with Crippen LogP contribution in [-0.4, -0.2) is 42.0 Å². The Hall–Kier alpha value is -1.98. The molecule has 1 saturated heterocycles. The average Bonchev–Trinajstić information content (AvgIpc) is 3.24. The third-order valence-electron chi connectivity index (χ3n) is 7.43. The Kier molecular flexibility index (Phi) is 4.83. The van der Waals surface area contributed by atoms with Crippen molar-refractivity contribution >= 4 is 5.78 Å². The molecule has 0 bridgehead atoms. The number of ketones is 1. The summed E-state index contributed by atoms with van der Waals surface area (Å²) in [5, 5.41) is 7.63. The van der Waals surface area contributed by atoms with Gasteiger partial charge in [-0.25, -0.2) is 0 Å². The van der Waals surface area contributed by atoms with Gasteiger partial charge in [0.2, 0.25) is 0 Å². The number of carbonyl (C=O) groups is 1. The van der Waals surface area contributed by atoms with Crippen LogP contribution in [0, 0.1) is 19.8 Å². The molecular formula is C24H31N3O2. The topological polar surface area (TPSA) is 58.4 Å². The Bertz CT molecular complexity index is 883. The molecule has 0 spiro atoms. The van der Waals surface area contributed by atoms with E-state index in [0.717, 1.165) is 61.6 Å². The quantitative estimate of drug-likeness (QED) is 0.860. The van der Waals surface area contributed by atoms with Crippen LogP contribution in [0.1, 0.15) is 54.7 Å². The van der Waals surface area contributed by atoms with E-state index in [1.54, 1.807) is 0 Å². The Balaban J connectivity index is 1.68. The zero-order chi connectivity index (χ0) is 20.0. The zero-order valence-corrected chi connectivity index (χ0v) is 17.6. The van der Waals surface area contributed by atoms with E-state index in [1.165, 1.54) is 30.4 Å². The van der Waals surface area contributed by atoms with Crippen LogP contribution in [0.5, 0.6) is 0 Å². The molecule has 0 amide bonds. The number of aromatic nitrogens is 1. The minimum absolute atomic E-state index is 0.414. The molecule has 1 saturated carbocycles. The number of aryl methyl sites for hydroxylation is 2. The van der Waals surface area contributed by atoms with Gasteiger partial charge in [0.25, 0.3) is 0 Å². The standard InChI is InChI=1S/C24H31N3O2/c1-16-23(17(2)29-26-16)19-9-8-18-15-22(28)24(21(18)14-19,20-6-4-3-5-7-20)27-12-10-25-11-13-27/h8-9,14,20,25H,3-7,10-13,15H2,1-2H3. The summed E-state index contributed by atoms with van der Waals surface area (Å²) in [5.74, 6) is 1.68. The molecule has 1 aromatic heterocycles. The second kappa shape index (κ2) is 7.37. The van der Waals surface area contributed by atoms with Crippen LogP contribution < -0.4 is 5.32 Å². The first-order valence-electron chi connectivity index (χ1n) is 11.2. The van der Waals surface area contributed by atoms with Crippen LogP contribution in [0.3, 0.4) is 0 Å². The summed E-state index contributed by atoms with van der Waals surface area (Å²) in [6, 6.07) is 6.62. The highest BCUT2D eigenvalue weighted by Gasteiger charge is 2.55. The van der Waals surface area contributed by atoms with E-state index in [-0.39, 0.29) is 0 Å². The molecule has 5 rings (SSSR count). The first-order chi connectivity index (χ1) is 14.1. The van der Waals surface area contributed by atoms with Gasteiger partial charge in [-0.1, -0.05) is 36.6 Å². The maximum atomic E-state index is 13.8. The van der Waals surface area contributed by atoms with Crippen LogP contribution >= 0.6 is 0 Å². The van der Waals surface area contributed by atoms with E-state index in [2.05, 4.69) is 33.6 Å². The number of hydrogen-bond donors (Lipinski definition) is 1. The number of benzene rings is 1. The second-order valence-electron chi connectivity index (χ2n) is 9.01. The van der Waals surface area contributed by atoms with Crippen molar-refractivity contribution in [1.29, 1.82) is 0 Å². The monoisotopic (exact) mass is 393 g/mol. The van der Waals surface area contributed by atoms with Crippen molar-refractivity contribution in [3.05, 3.63) is 40.8 Å². The van der Waals surface area contributed by atoms with Crippen LogP contribution in [-0.2, 0) is 16.8 Å². The molecule has 5 nitrogen and oxygen atoms in total. The number of piperazine rings is 1. The zero-order valence-electron chi connectivity index (χ0n) is 17.6. The molecule has 5 heteroatoms. The van der Waals surface area contributed by atoms with Gasteiger partial charge in [0.1, 0.15) is 11.3 Å². The van der Waals surface area contributed by atoms with Gasteiger partial charge in [-0.2, -0.15) is 0 Å². The summed E-state index contributed by atoms with van der Waals surface area (Å²) in [5.41, 5.74) is 5.14. The highest BCUT2D eigenvalue weighted by molar-refractivity contribution is 5.97. The average molecular weight is 394 g/mol. The van der Waals surface area contributed by atoms with E-state index in [4.69, 9.17) is 4.52 Å².